The van der Waals surface area contributed by atoms with Gasteiger partial charge in [0.1, 0.15) is 6.04 Å². The van der Waals surface area contributed by atoms with Gasteiger partial charge in [-0.3, -0.25) is 9.69 Å². The number of rotatable bonds is 9. The van der Waals surface area contributed by atoms with Crippen molar-refractivity contribution >= 4 is 36.0 Å². The van der Waals surface area contributed by atoms with E-state index in [-0.39, 0.29) is 30.3 Å². The summed E-state index contributed by atoms with van der Waals surface area (Å²) >= 11 is 1.67. The summed E-state index contributed by atoms with van der Waals surface area (Å²) in [5.41, 5.74) is 0. The average Bonchev–Trinajstić information content (AvgIpc) is 3.27. The Morgan fingerprint density at radius 1 is 1.38 bits per heavy atom. The Balaban J connectivity index is 0.00000338. The molecule has 2 fully saturated rings. The molecule has 0 aliphatic carbocycles. The first kappa shape index (κ1) is 23.5. The molecule has 0 aromatic rings. The van der Waals surface area contributed by atoms with Gasteiger partial charge >= 0.3 is 5.97 Å². The summed E-state index contributed by atoms with van der Waals surface area (Å²) in [5, 5.41) is 6.50. The normalized spacial score (nSPS) is 27.0. The second-order valence-corrected chi connectivity index (χ2v) is 8.04. The number of esters is 1. The summed E-state index contributed by atoms with van der Waals surface area (Å²) in [4.78, 5) is 27.3. The van der Waals surface area contributed by atoms with Crippen molar-refractivity contribution in [1.29, 1.82) is 0 Å². The largest absolute Gasteiger partial charge is 0.467 e. The van der Waals surface area contributed by atoms with Crippen LogP contribution in [0.25, 0.3) is 0 Å². The highest BCUT2D eigenvalue weighted by molar-refractivity contribution is 7.98. The van der Waals surface area contributed by atoms with Crippen molar-refractivity contribution in [3.63, 3.8) is 0 Å². The van der Waals surface area contributed by atoms with Crippen molar-refractivity contribution in [2.45, 2.75) is 57.2 Å². The van der Waals surface area contributed by atoms with E-state index in [2.05, 4.69) is 22.5 Å². The molecular weight excluding hydrogens is 374 g/mol. The molecule has 6 nitrogen and oxygen atoms in total. The number of carbonyl (C=O) groups is 2. The predicted molar refractivity (Wildman–Crippen MR) is 109 cm³/mol. The lowest BCUT2D eigenvalue weighted by molar-refractivity contribution is -0.145. The Labute approximate surface area is 168 Å². The van der Waals surface area contributed by atoms with Gasteiger partial charge < -0.3 is 15.4 Å². The molecule has 8 heteroatoms. The van der Waals surface area contributed by atoms with E-state index >= 15 is 0 Å². The Bertz CT molecular complexity index is 449. The van der Waals surface area contributed by atoms with Crippen LogP contribution in [0.15, 0.2) is 0 Å². The van der Waals surface area contributed by atoms with Gasteiger partial charge in [-0.1, -0.05) is 13.3 Å². The maximum absolute atomic E-state index is 13.0. The quantitative estimate of drug-likeness (QED) is 0.566. The number of amides is 1. The number of halogens is 1. The number of nitrogens with zero attached hydrogens (tertiary/aromatic N) is 1. The average molecular weight is 408 g/mol. The minimum Gasteiger partial charge on any atom is -0.467 e. The van der Waals surface area contributed by atoms with Gasteiger partial charge in [-0.2, -0.15) is 11.8 Å². The smallest absolute Gasteiger partial charge is 0.328 e. The van der Waals surface area contributed by atoms with Crippen LogP contribution in [0.1, 0.15) is 39.0 Å². The summed E-state index contributed by atoms with van der Waals surface area (Å²) in [5.74, 6) is 0.814. The van der Waals surface area contributed by atoms with E-state index in [9.17, 15) is 9.59 Å². The van der Waals surface area contributed by atoms with E-state index in [1.54, 1.807) is 11.8 Å². The minimum atomic E-state index is -0.547. The van der Waals surface area contributed by atoms with Crippen molar-refractivity contribution in [3.8, 4) is 0 Å². The molecule has 2 aliphatic heterocycles. The number of carbonyl (C=O) groups excluding carboxylic acids is 2. The van der Waals surface area contributed by atoms with E-state index in [1.807, 2.05) is 6.26 Å². The number of likely N-dealkylation sites (tertiary alicyclic amines) is 1. The fraction of sp³-hybridized carbons (Fsp3) is 0.889. The Kier molecular flexibility index (Phi) is 10.9. The third-order valence-electron chi connectivity index (χ3n) is 5.45. The van der Waals surface area contributed by atoms with E-state index in [1.165, 1.54) is 20.0 Å². The highest BCUT2D eigenvalue weighted by atomic mass is 35.5. The predicted octanol–water partition coefficient (Wildman–Crippen LogP) is 1.67. The van der Waals surface area contributed by atoms with E-state index < -0.39 is 6.04 Å². The maximum atomic E-state index is 13.0. The first-order valence-electron chi connectivity index (χ1n) is 9.45. The van der Waals surface area contributed by atoms with Crippen molar-refractivity contribution < 1.29 is 14.3 Å². The van der Waals surface area contributed by atoms with Crippen LogP contribution in [0, 0.1) is 5.92 Å². The number of nitrogens with one attached hydrogen (secondary N) is 2. The van der Waals surface area contributed by atoms with Crippen LogP contribution in [0.4, 0.5) is 0 Å². The molecule has 2 heterocycles. The van der Waals surface area contributed by atoms with Gasteiger partial charge in [0.05, 0.1) is 13.2 Å². The third-order valence-corrected chi connectivity index (χ3v) is 6.09. The van der Waals surface area contributed by atoms with Crippen molar-refractivity contribution in [1.82, 2.24) is 15.5 Å². The number of ether oxygens (including phenoxy) is 1. The molecule has 0 radical (unpaired) electrons. The van der Waals surface area contributed by atoms with Gasteiger partial charge in [-0.25, -0.2) is 4.79 Å². The first-order valence-corrected chi connectivity index (χ1v) is 10.8. The SMILES string of the molecule is CC[C@H]1CCN(C[C@@H]2CCCN2)[C@@H]1C(=O)N[C@@H](CCSC)C(=O)OC.Cl. The van der Waals surface area contributed by atoms with E-state index in [4.69, 9.17) is 4.74 Å². The monoisotopic (exact) mass is 407 g/mol. The first-order chi connectivity index (χ1) is 12.1. The summed E-state index contributed by atoms with van der Waals surface area (Å²) in [6, 6.07) is -0.192. The van der Waals surface area contributed by atoms with E-state index in [0.29, 0.717) is 18.4 Å². The molecule has 2 saturated heterocycles. The van der Waals surface area contributed by atoms with Gasteiger partial charge in [-0.05, 0) is 56.7 Å². The zero-order chi connectivity index (χ0) is 18.2. The molecule has 0 aromatic heterocycles. The summed E-state index contributed by atoms with van der Waals surface area (Å²) in [6.45, 7) is 5.10. The standard InChI is InChI=1S/C18H33N3O3S.ClH/c1-4-13-7-10-21(12-14-6-5-9-19-14)16(13)17(22)20-15(8-11-25-3)18(23)24-2;/h13-16,19H,4-12H2,1-3H3,(H,20,22);1H/t13-,14-,15-,16-;/m0./s1. The van der Waals surface area contributed by atoms with Gasteiger partial charge in [0.15, 0.2) is 0 Å². The second kappa shape index (κ2) is 12.1. The van der Waals surface area contributed by atoms with Crippen LogP contribution >= 0.6 is 24.2 Å². The van der Waals surface area contributed by atoms with Crippen LogP contribution < -0.4 is 10.6 Å². The molecular formula is C18H34ClN3O3S. The molecule has 2 aliphatic rings. The molecule has 0 saturated carbocycles. The van der Waals surface area contributed by atoms with Crippen LogP contribution in [-0.4, -0.2) is 73.7 Å². The topological polar surface area (TPSA) is 70.7 Å². The minimum absolute atomic E-state index is 0. The Hall–Kier alpha value is -0.500. The van der Waals surface area contributed by atoms with Crippen LogP contribution in [0.2, 0.25) is 0 Å². The zero-order valence-electron chi connectivity index (χ0n) is 16.2. The molecule has 2 N–H and O–H groups in total. The number of hydrogen-bond donors (Lipinski definition) is 2. The molecule has 0 unspecified atom stereocenters. The molecule has 0 aromatic carbocycles. The highest BCUT2D eigenvalue weighted by Crippen LogP contribution is 2.28. The lowest BCUT2D eigenvalue weighted by atomic mass is 9.96. The summed E-state index contributed by atoms with van der Waals surface area (Å²) in [6.07, 6.45) is 7.03. The second-order valence-electron chi connectivity index (χ2n) is 7.06. The van der Waals surface area contributed by atoms with Gasteiger partial charge in [0.25, 0.3) is 0 Å². The molecule has 0 bridgehead atoms. The van der Waals surface area contributed by atoms with Crippen LogP contribution in [0.5, 0.6) is 0 Å². The summed E-state index contributed by atoms with van der Waals surface area (Å²) in [7, 11) is 1.38. The molecule has 0 spiro atoms. The van der Waals surface area contributed by atoms with Crippen molar-refractivity contribution in [2.24, 2.45) is 5.92 Å². The van der Waals surface area contributed by atoms with Crippen molar-refractivity contribution in [3.05, 3.63) is 0 Å². The Morgan fingerprint density at radius 2 is 2.15 bits per heavy atom. The van der Waals surface area contributed by atoms with E-state index in [0.717, 1.165) is 38.2 Å². The van der Waals surface area contributed by atoms with Gasteiger partial charge in [0.2, 0.25) is 5.91 Å². The number of methoxy groups -OCH3 is 1. The number of thioether (sulfide) groups is 1. The van der Waals surface area contributed by atoms with Crippen LogP contribution in [-0.2, 0) is 14.3 Å². The molecule has 4 atom stereocenters. The zero-order valence-corrected chi connectivity index (χ0v) is 17.8. The number of hydrogen-bond acceptors (Lipinski definition) is 6. The lowest BCUT2D eigenvalue weighted by Crippen LogP contribution is -2.53. The maximum Gasteiger partial charge on any atom is 0.328 e. The molecule has 2 rings (SSSR count). The fourth-order valence-electron chi connectivity index (χ4n) is 4.02. The Morgan fingerprint density at radius 3 is 2.73 bits per heavy atom. The molecule has 152 valence electrons. The third kappa shape index (κ3) is 6.29. The summed E-state index contributed by atoms with van der Waals surface area (Å²) < 4.78 is 4.87. The molecule has 26 heavy (non-hydrogen) atoms. The molecule has 1 amide bonds. The van der Waals surface area contributed by atoms with Gasteiger partial charge in [0, 0.05) is 12.6 Å². The fourth-order valence-corrected chi connectivity index (χ4v) is 4.49. The lowest BCUT2D eigenvalue weighted by Gasteiger charge is -2.30. The van der Waals surface area contributed by atoms with Gasteiger partial charge in [-0.15, -0.1) is 12.4 Å². The van der Waals surface area contributed by atoms with Crippen molar-refractivity contribution in [2.75, 3.05) is 38.8 Å². The highest BCUT2D eigenvalue weighted by Gasteiger charge is 2.40. The van der Waals surface area contributed by atoms with Crippen LogP contribution in [0.3, 0.4) is 0 Å².